The number of amides is 1. The summed E-state index contributed by atoms with van der Waals surface area (Å²) in [6.07, 6.45) is 5.84. The van der Waals surface area contributed by atoms with Gasteiger partial charge in [-0.3, -0.25) is 4.79 Å². The van der Waals surface area contributed by atoms with E-state index >= 15 is 0 Å². The number of nitrogens with zero attached hydrogens (tertiary/aromatic N) is 2. The van der Waals surface area contributed by atoms with E-state index in [4.69, 9.17) is 9.15 Å². The molecule has 1 amide bonds. The Bertz CT molecular complexity index is 837. The third-order valence-corrected chi connectivity index (χ3v) is 5.50. The summed E-state index contributed by atoms with van der Waals surface area (Å²) in [4.78, 5) is 21.5. The van der Waals surface area contributed by atoms with Crippen molar-refractivity contribution < 1.29 is 13.9 Å². The fourth-order valence-electron chi connectivity index (χ4n) is 3.23. The SMILES string of the molecule is CCOCC1(CNC(=O)c2c(C)oc3ncnc(NC4(C)CC4)c23)CC1. The van der Waals surface area contributed by atoms with Gasteiger partial charge < -0.3 is 19.8 Å². The van der Waals surface area contributed by atoms with Crippen LogP contribution in [0.25, 0.3) is 11.1 Å². The van der Waals surface area contributed by atoms with Gasteiger partial charge in [-0.25, -0.2) is 9.97 Å². The number of rotatable bonds is 8. The molecule has 2 saturated carbocycles. The molecule has 2 heterocycles. The van der Waals surface area contributed by atoms with Gasteiger partial charge in [-0.1, -0.05) is 0 Å². The molecule has 2 aliphatic rings. The second-order valence-corrected chi connectivity index (χ2v) is 7.94. The predicted molar refractivity (Wildman–Crippen MR) is 98.3 cm³/mol. The highest BCUT2D eigenvalue weighted by Crippen LogP contribution is 2.45. The maximum Gasteiger partial charge on any atom is 0.255 e. The number of anilines is 1. The van der Waals surface area contributed by atoms with Crippen LogP contribution >= 0.6 is 0 Å². The molecule has 4 rings (SSSR count). The second kappa shape index (κ2) is 6.23. The zero-order valence-electron chi connectivity index (χ0n) is 15.6. The Kier molecular flexibility index (Phi) is 4.14. The van der Waals surface area contributed by atoms with Gasteiger partial charge in [-0.05, 0) is 46.5 Å². The Labute approximate surface area is 152 Å². The van der Waals surface area contributed by atoms with E-state index < -0.39 is 0 Å². The van der Waals surface area contributed by atoms with Crippen molar-refractivity contribution in [2.24, 2.45) is 5.41 Å². The molecule has 0 aliphatic heterocycles. The highest BCUT2D eigenvalue weighted by molar-refractivity contribution is 6.10. The third-order valence-electron chi connectivity index (χ3n) is 5.50. The average molecular weight is 358 g/mol. The lowest BCUT2D eigenvalue weighted by molar-refractivity contribution is 0.0864. The molecule has 2 aliphatic carbocycles. The van der Waals surface area contributed by atoms with Crippen molar-refractivity contribution in [3.63, 3.8) is 0 Å². The van der Waals surface area contributed by atoms with Crippen LogP contribution < -0.4 is 10.6 Å². The lowest BCUT2D eigenvalue weighted by Crippen LogP contribution is -2.32. The topological polar surface area (TPSA) is 89.3 Å². The normalized spacial score (nSPS) is 19.3. The number of hydrogen-bond acceptors (Lipinski definition) is 6. The van der Waals surface area contributed by atoms with E-state index in [1.807, 2.05) is 6.92 Å². The molecule has 0 spiro atoms. The number of aryl methyl sites for hydroxylation is 1. The van der Waals surface area contributed by atoms with E-state index in [-0.39, 0.29) is 16.9 Å². The molecule has 26 heavy (non-hydrogen) atoms. The molecule has 0 unspecified atom stereocenters. The fraction of sp³-hybridized carbons (Fsp3) is 0.632. The molecule has 0 saturated heterocycles. The minimum Gasteiger partial charge on any atom is -0.442 e. The second-order valence-electron chi connectivity index (χ2n) is 7.94. The number of ether oxygens (including phenoxy) is 1. The number of carbonyl (C=O) groups excluding carboxylic acids is 1. The summed E-state index contributed by atoms with van der Waals surface area (Å²) in [5.74, 6) is 1.10. The first-order chi connectivity index (χ1) is 12.5. The summed E-state index contributed by atoms with van der Waals surface area (Å²) < 4.78 is 11.3. The number of furan rings is 1. The van der Waals surface area contributed by atoms with Crippen LogP contribution in [0.5, 0.6) is 0 Å². The van der Waals surface area contributed by atoms with Crippen LogP contribution in [0, 0.1) is 12.3 Å². The Morgan fingerprint density at radius 1 is 1.31 bits per heavy atom. The molecule has 0 aromatic carbocycles. The van der Waals surface area contributed by atoms with Crippen molar-refractivity contribution in [2.45, 2.75) is 52.0 Å². The van der Waals surface area contributed by atoms with Crippen LogP contribution in [0.1, 0.15) is 55.6 Å². The van der Waals surface area contributed by atoms with Crippen LogP contribution in [0.4, 0.5) is 5.82 Å². The van der Waals surface area contributed by atoms with Crippen LogP contribution in [-0.4, -0.2) is 41.2 Å². The summed E-state index contributed by atoms with van der Waals surface area (Å²) in [7, 11) is 0. The first-order valence-electron chi connectivity index (χ1n) is 9.34. The molecule has 140 valence electrons. The molecule has 7 heteroatoms. The number of carbonyl (C=O) groups is 1. The quantitative estimate of drug-likeness (QED) is 0.754. The van der Waals surface area contributed by atoms with Gasteiger partial charge in [0.2, 0.25) is 5.71 Å². The van der Waals surface area contributed by atoms with Crippen LogP contribution in [0.3, 0.4) is 0 Å². The van der Waals surface area contributed by atoms with Gasteiger partial charge >= 0.3 is 0 Å². The third kappa shape index (κ3) is 3.28. The molecule has 0 bridgehead atoms. The molecule has 0 radical (unpaired) electrons. The van der Waals surface area contributed by atoms with E-state index in [9.17, 15) is 4.79 Å². The van der Waals surface area contributed by atoms with Gasteiger partial charge in [0.15, 0.2) is 0 Å². The highest BCUT2D eigenvalue weighted by Gasteiger charge is 2.43. The molecular formula is C19H26N4O3. The minimum absolute atomic E-state index is 0.0514. The van der Waals surface area contributed by atoms with E-state index in [1.54, 1.807) is 6.92 Å². The van der Waals surface area contributed by atoms with E-state index in [0.29, 0.717) is 48.0 Å². The van der Waals surface area contributed by atoms with Crippen LogP contribution in [-0.2, 0) is 4.74 Å². The van der Waals surface area contributed by atoms with Gasteiger partial charge in [0.25, 0.3) is 5.91 Å². The summed E-state index contributed by atoms with van der Waals surface area (Å²) in [5, 5.41) is 7.19. The van der Waals surface area contributed by atoms with Gasteiger partial charge in [0.1, 0.15) is 17.9 Å². The largest absolute Gasteiger partial charge is 0.442 e. The smallest absolute Gasteiger partial charge is 0.255 e. The zero-order valence-corrected chi connectivity index (χ0v) is 15.6. The van der Waals surface area contributed by atoms with E-state index in [1.165, 1.54) is 6.33 Å². The van der Waals surface area contributed by atoms with Crippen molar-refractivity contribution in [3.8, 4) is 0 Å². The predicted octanol–water partition coefficient (Wildman–Crippen LogP) is 3.04. The fourth-order valence-corrected chi connectivity index (χ4v) is 3.23. The Morgan fingerprint density at radius 3 is 2.73 bits per heavy atom. The van der Waals surface area contributed by atoms with Gasteiger partial charge in [-0.2, -0.15) is 0 Å². The van der Waals surface area contributed by atoms with Crippen LogP contribution in [0.2, 0.25) is 0 Å². The summed E-state index contributed by atoms with van der Waals surface area (Å²) in [6.45, 7) is 7.95. The zero-order chi connectivity index (χ0) is 18.4. The Hall–Kier alpha value is -2.15. The molecule has 2 fully saturated rings. The summed E-state index contributed by atoms with van der Waals surface area (Å²) in [6, 6.07) is 0. The molecular weight excluding hydrogens is 332 g/mol. The highest BCUT2D eigenvalue weighted by atomic mass is 16.5. The lowest BCUT2D eigenvalue weighted by atomic mass is 10.1. The molecule has 2 N–H and O–H groups in total. The first kappa shape index (κ1) is 17.3. The standard InChI is InChI=1S/C19H26N4O3/c1-4-25-10-19(7-8-19)9-20-16(24)13-12(2)26-17-14(13)15(21-11-22-17)23-18(3)5-6-18/h11H,4-10H2,1-3H3,(H,20,24)(H,21,22,23). The van der Waals surface area contributed by atoms with Crippen molar-refractivity contribution >= 4 is 22.8 Å². The average Bonchev–Trinajstić information content (AvgIpc) is 3.51. The maximum atomic E-state index is 12.9. The van der Waals surface area contributed by atoms with Crippen LogP contribution in [0.15, 0.2) is 10.7 Å². The Balaban J connectivity index is 1.57. The molecule has 2 aromatic heterocycles. The number of fused-ring (bicyclic) bond motifs is 1. The van der Waals surface area contributed by atoms with Crippen molar-refractivity contribution in [3.05, 3.63) is 17.7 Å². The van der Waals surface area contributed by atoms with Gasteiger partial charge in [-0.15, -0.1) is 0 Å². The summed E-state index contributed by atoms with van der Waals surface area (Å²) >= 11 is 0. The van der Waals surface area contributed by atoms with Gasteiger partial charge in [0.05, 0.1) is 17.6 Å². The van der Waals surface area contributed by atoms with Crippen molar-refractivity contribution in [1.29, 1.82) is 0 Å². The molecule has 7 nitrogen and oxygen atoms in total. The minimum atomic E-state index is -0.136. The first-order valence-corrected chi connectivity index (χ1v) is 9.34. The molecule has 2 aromatic rings. The van der Waals surface area contributed by atoms with Gasteiger partial charge in [0, 0.05) is 24.1 Å². The number of nitrogens with one attached hydrogen (secondary N) is 2. The van der Waals surface area contributed by atoms with Crippen molar-refractivity contribution in [2.75, 3.05) is 25.1 Å². The molecule has 0 atom stereocenters. The van der Waals surface area contributed by atoms with Crippen molar-refractivity contribution in [1.82, 2.24) is 15.3 Å². The number of aromatic nitrogens is 2. The lowest BCUT2D eigenvalue weighted by Gasteiger charge is -2.16. The number of hydrogen-bond donors (Lipinski definition) is 2. The van der Waals surface area contributed by atoms with E-state index in [0.717, 1.165) is 25.7 Å². The Morgan fingerprint density at radius 2 is 2.08 bits per heavy atom. The maximum absolute atomic E-state index is 12.9. The monoisotopic (exact) mass is 358 g/mol. The summed E-state index contributed by atoms with van der Waals surface area (Å²) in [5.41, 5.74) is 1.12. The van der Waals surface area contributed by atoms with E-state index in [2.05, 4.69) is 27.5 Å².